The van der Waals surface area contributed by atoms with Gasteiger partial charge in [0.1, 0.15) is 11.7 Å². The lowest BCUT2D eigenvalue weighted by molar-refractivity contribution is -0.129. The number of carbonyl (C=O) groups excluding carboxylic acids is 2. The molecule has 1 fully saturated rings. The molecule has 0 spiro atoms. The molecule has 2 aromatic rings. The SMILES string of the molecule is O=C(Nc1cccc(Cl)c1)[C@H]1CCN(c2cccc(F)c2)C1=O. The van der Waals surface area contributed by atoms with E-state index in [9.17, 15) is 14.0 Å². The van der Waals surface area contributed by atoms with Crippen molar-refractivity contribution in [2.45, 2.75) is 6.42 Å². The van der Waals surface area contributed by atoms with Crippen molar-refractivity contribution in [3.8, 4) is 0 Å². The fourth-order valence-electron chi connectivity index (χ4n) is 2.62. The summed E-state index contributed by atoms with van der Waals surface area (Å²) in [6.45, 7) is 0.385. The highest BCUT2D eigenvalue weighted by Gasteiger charge is 2.37. The van der Waals surface area contributed by atoms with Gasteiger partial charge < -0.3 is 10.2 Å². The predicted molar refractivity (Wildman–Crippen MR) is 86.9 cm³/mol. The number of anilines is 2. The molecule has 2 aromatic carbocycles. The van der Waals surface area contributed by atoms with Crippen LogP contribution in [0.25, 0.3) is 0 Å². The maximum absolute atomic E-state index is 13.3. The molecule has 4 nitrogen and oxygen atoms in total. The fraction of sp³-hybridized carbons (Fsp3) is 0.176. The van der Waals surface area contributed by atoms with E-state index >= 15 is 0 Å². The third-order valence-corrected chi connectivity index (χ3v) is 3.97. The summed E-state index contributed by atoms with van der Waals surface area (Å²) in [4.78, 5) is 26.2. The highest BCUT2D eigenvalue weighted by molar-refractivity contribution is 6.31. The van der Waals surface area contributed by atoms with E-state index in [4.69, 9.17) is 11.6 Å². The molecule has 1 aliphatic heterocycles. The Morgan fingerprint density at radius 1 is 1.22 bits per heavy atom. The molecule has 23 heavy (non-hydrogen) atoms. The van der Waals surface area contributed by atoms with Gasteiger partial charge in [0.25, 0.3) is 0 Å². The monoisotopic (exact) mass is 332 g/mol. The first-order valence-corrected chi connectivity index (χ1v) is 7.56. The van der Waals surface area contributed by atoms with Crippen LogP contribution in [0.2, 0.25) is 5.02 Å². The van der Waals surface area contributed by atoms with Gasteiger partial charge in [-0.2, -0.15) is 0 Å². The molecule has 0 saturated carbocycles. The number of benzene rings is 2. The first-order valence-electron chi connectivity index (χ1n) is 7.18. The van der Waals surface area contributed by atoms with E-state index in [2.05, 4.69) is 5.32 Å². The minimum atomic E-state index is -0.780. The summed E-state index contributed by atoms with van der Waals surface area (Å²) in [5, 5.41) is 3.20. The molecule has 0 unspecified atom stereocenters. The van der Waals surface area contributed by atoms with E-state index in [0.29, 0.717) is 29.4 Å². The predicted octanol–water partition coefficient (Wildman–Crippen LogP) is 3.47. The standard InChI is InChI=1S/C17H14ClFN2O2/c18-11-3-1-5-13(9-11)20-16(22)15-7-8-21(17(15)23)14-6-2-4-12(19)10-14/h1-6,9-10,15H,7-8H2,(H,20,22)/t15-/m1/s1. The average molecular weight is 333 g/mol. The Morgan fingerprint density at radius 2 is 2.00 bits per heavy atom. The minimum Gasteiger partial charge on any atom is -0.325 e. The number of amides is 2. The summed E-state index contributed by atoms with van der Waals surface area (Å²) >= 11 is 5.87. The summed E-state index contributed by atoms with van der Waals surface area (Å²) in [5.41, 5.74) is 1.01. The van der Waals surface area contributed by atoms with Crippen LogP contribution in [-0.2, 0) is 9.59 Å². The largest absolute Gasteiger partial charge is 0.325 e. The molecule has 0 radical (unpaired) electrons. The number of hydrogen-bond donors (Lipinski definition) is 1. The van der Waals surface area contributed by atoms with Gasteiger partial charge in [0.2, 0.25) is 11.8 Å². The van der Waals surface area contributed by atoms with Crippen molar-refractivity contribution in [3.63, 3.8) is 0 Å². The van der Waals surface area contributed by atoms with Crippen LogP contribution in [0.3, 0.4) is 0 Å². The van der Waals surface area contributed by atoms with Gasteiger partial charge in [0, 0.05) is 22.9 Å². The summed E-state index contributed by atoms with van der Waals surface area (Å²) in [5.74, 6) is -1.90. The molecule has 0 bridgehead atoms. The van der Waals surface area contributed by atoms with Crippen LogP contribution in [-0.4, -0.2) is 18.4 Å². The molecule has 1 N–H and O–H groups in total. The Labute approximate surface area is 137 Å². The van der Waals surface area contributed by atoms with Gasteiger partial charge in [-0.25, -0.2) is 4.39 Å². The van der Waals surface area contributed by atoms with Crippen LogP contribution in [0.1, 0.15) is 6.42 Å². The van der Waals surface area contributed by atoms with Gasteiger partial charge in [-0.15, -0.1) is 0 Å². The normalized spacial score (nSPS) is 17.4. The van der Waals surface area contributed by atoms with Crippen LogP contribution >= 0.6 is 11.6 Å². The summed E-state index contributed by atoms with van der Waals surface area (Å²) in [6.07, 6.45) is 0.391. The van der Waals surface area contributed by atoms with E-state index in [1.807, 2.05) is 0 Å². The molecule has 1 aliphatic rings. The molecular formula is C17H14ClFN2O2. The van der Waals surface area contributed by atoms with E-state index in [1.54, 1.807) is 30.3 Å². The molecule has 0 aromatic heterocycles. The minimum absolute atomic E-state index is 0.324. The molecular weight excluding hydrogens is 319 g/mol. The molecule has 118 valence electrons. The fourth-order valence-corrected chi connectivity index (χ4v) is 2.81. The van der Waals surface area contributed by atoms with Crippen LogP contribution in [0.15, 0.2) is 48.5 Å². The first kappa shape index (κ1) is 15.5. The number of carbonyl (C=O) groups is 2. The van der Waals surface area contributed by atoms with Gasteiger partial charge in [0.15, 0.2) is 0 Å². The van der Waals surface area contributed by atoms with E-state index in [0.717, 1.165) is 0 Å². The third kappa shape index (κ3) is 3.35. The van der Waals surface area contributed by atoms with Crippen LogP contribution < -0.4 is 10.2 Å². The Morgan fingerprint density at radius 3 is 2.74 bits per heavy atom. The van der Waals surface area contributed by atoms with E-state index in [1.165, 1.54) is 23.1 Å². The second-order valence-electron chi connectivity index (χ2n) is 5.31. The third-order valence-electron chi connectivity index (χ3n) is 3.73. The Hall–Kier alpha value is -2.40. The quantitative estimate of drug-likeness (QED) is 0.875. The number of hydrogen-bond acceptors (Lipinski definition) is 2. The Bertz CT molecular complexity index is 766. The van der Waals surface area contributed by atoms with Crippen molar-refractivity contribution < 1.29 is 14.0 Å². The Balaban J connectivity index is 1.72. The number of halogens is 2. The van der Waals surface area contributed by atoms with Gasteiger partial charge in [-0.3, -0.25) is 9.59 Å². The zero-order valence-electron chi connectivity index (χ0n) is 12.1. The topological polar surface area (TPSA) is 49.4 Å². The van der Waals surface area contributed by atoms with Crippen LogP contribution in [0.4, 0.5) is 15.8 Å². The van der Waals surface area contributed by atoms with Crippen LogP contribution in [0, 0.1) is 11.7 Å². The van der Waals surface area contributed by atoms with Crippen molar-refractivity contribution in [1.29, 1.82) is 0 Å². The second-order valence-corrected chi connectivity index (χ2v) is 5.75. The molecule has 0 aliphatic carbocycles. The summed E-state index contributed by atoms with van der Waals surface area (Å²) in [6, 6.07) is 12.5. The van der Waals surface area contributed by atoms with Crippen molar-refractivity contribution in [2.75, 3.05) is 16.8 Å². The lowest BCUT2D eigenvalue weighted by atomic mass is 10.1. The second kappa shape index (κ2) is 6.38. The molecule has 1 atom stereocenters. The van der Waals surface area contributed by atoms with Crippen molar-refractivity contribution in [3.05, 3.63) is 59.4 Å². The molecule has 6 heteroatoms. The lowest BCUT2D eigenvalue weighted by Gasteiger charge is -2.16. The molecule has 3 rings (SSSR count). The summed E-state index contributed by atoms with van der Waals surface area (Å²) < 4.78 is 13.3. The molecule has 2 amide bonds. The zero-order valence-corrected chi connectivity index (χ0v) is 12.9. The number of nitrogens with one attached hydrogen (secondary N) is 1. The van der Waals surface area contributed by atoms with Gasteiger partial charge >= 0.3 is 0 Å². The van der Waals surface area contributed by atoms with Crippen molar-refractivity contribution in [2.24, 2.45) is 5.92 Å². The maximum atomic E-state index is 13.3. The van der Waals surface area contributed by atoms with Gasteiger partial charge in [-0.05, 0) is 42.8 Å². The van der Waals surface area contributed by atoms with E-state index in [-0.39, 0.29) is 11.8 Å². The maximum Gasteiger partial charge on any atom is 0.239 e. The van der Waals surface area contributed by atoms with Crippen molar-refractivity contribution >= 4 is 34.8 Å². The first-order chi connectivity index (χ1) is 11.0. The smallest absolute Gasteiger partial charge is 0.239 e. The van der Waals surface area contributed by atoms with Gasteiger partial charge in [0.05, 0.1) is 0 Å². The number of rotatable bonds is 3. The van der Waals surface area contributed by atoms with E-state index < -0.39 is 11.7 Å². The Kier molecular flexibility index (Phi) is 4.30. The van der Waals surface area contributed by atoms with Crippen molar-refractivity contribution in [1.82, 2.24) is 0 Å². The zero-order chi connectivity index (χ0) is 16.4. The van der Waals surface area contributed by atoms with Gasteiger partial charge in [-0.1, -0.05) is 23.7 Å². The highest BCUT2D eigenvalue weighted by Crippen LogP contribution is 2.27. The molecule has 1 saturated heterocycles. The average Bonchev–Trinajstić information content (AvgIpc) is 2.89. The number of nitrogens with zero attached hydrogens (tertiary/aromatic N) is 1. The summed E-state index contributed by atoms with van der Waals surface area (Å²) in [7, 11) is 0. The molecule has 1 heterocycles. The highest BCUT2D eigenvalue weighted by atomic mass is 35.5. The van der Waals surface area contributed by atoms with Crippen LogP contribution in [0.5, 0.6) is 0 Å². The lowest BCUT2D eigenvalue weighted by Crippen LogP contribution is -2.33.